The van der Waals surface area contributed by atoms with Crippen LogP contribution in [0.15, 0.2) is 49.1 Å². The van der Waals surface area contributed by atoms with Crippen molar-refractivity contribution in [1.29, 1.82) is 0 Å². The summed E-state index contributed by atoms with van der Waals surface area (Å²) in [4.78, 5) is 0. The van der Waals surface area contributed by atoms with Gasteiger partial charge in [0.05, 0.1) is 0 Å². The quantitative estimate of drug-likeness (QED) is 0.637. The first kappa shape index (κ1) is 9.59. The van der Waals surface area contributed by atoms with Crippen molar-refractivity contribution in [3.05, 3.63) is 54.6 Å². The average molecular weight is 174 g/mol. The van der Waals surface area contributed by atoms with Gasteiger partial charge in [0.15, 0.2) is 0 Å². The Kier molecular flexibility index (Phi) is 3.83. The molecular weight excluding hydrogens is 160 g/mol. The van der Waals surface area contributed by atoms with E-state index in [1.165, 1.54) is 5.56 Å². The summed E-state index contributed by atoms with van der Waals surface area (Å²) in [7, 11) is 0. The average Bonchev–Trinajstić information content (AvgIpc) is 2.15. The summed E-state index contributed by atoms with van der Waals surface area (Å²) >= 11 is 0. The van der Waals surface area contributed by atoms with Gasteiger partial charge in [-0.15, -0.1) is 0 Å². The number of rotatable bonds is 4. The van der Waals surface area contributed by atoms with Gasteiger partial charge >= 0.3 is 0 Å². The molecule has 0 aromatic heterocycles. The third-order valence-electron chi connectivity index (χ3n) is 1.64. The van der Waals surface area contributed by atoms with Crippen LogP contribution in [0.3, 0.4) is 0 Å². The molecule has 0 aliphatic carbocycles. The maximum absolute atomic E-state index is 5.43. The number of hydrogen-bond acceptors (Lipinski definition) is 1. The van der Waals surface area contributed by atoms with Crippen molar-refractivity contribution in [3.63, 3.8) is 0 Å². The Labute approximate surface area is 79.4 Å². The van der Waals surface area contributed by atoms with Crippen LogP contribution >= 0.6 is 0 Å². The molecule has 1 aromatic carbocycles. The Bertz CT molecular complexity index is 282. The fourth-order valence-electron chi connectivity index (χ4n) is 0.931. The SMILES string of the molecule is C=C/C=C/COc1ccc(C)cc1. The zero-order valence-electron chi connectivity index (χ0n) is 7.86. The lowest BCUT2D eigenvalue weighted by molar-refractivity contribution is 0.363. The van der Waals surface area contributed by atoms with Crippen molar-refractivity contribution in [2.24, 2.45) is 0 Å². The van der Waals surface area contributed by atoms with Gasteiger partial charge in [-0.25, -0.2) is 0 Å². The fourth-order valence-corrected chi connectivity index (χ4v) is 0.931. The van der Waals surface area contributed by atoms with Crippen LogP contribution in [0.4, 0.5) is 0 Å². The van der Waals surface area contributed by atoms with E-state index in [1.807, 2.05) is 36.4 Å². The van der Waals surface area contributed by atoms with E-state index in [1.54, 1.807) is 6.08 Å². The lowest BCUT2D eigenvalue weighted by Gasteiger charge is -2.02. The zero-order valence-corrected chi connectivity index (χ0v) is 7.86. The number of allylic oxidation sites excluding steroid dienone is 2. The van der Waals surface area contributed by atoms with E-state index in [2.05, 4.69) is 13.5 Å². The predicted molar refractivity (Wildman–Crippen MR) is 56.0 cm³/mol. The summed E-state index contributed by atoms with van der Waals surface area (Å²) in [5.41, 5.74) is 1.24. The van der Waals surface area contributed by atoms with E-state index in [0.717, 1.165) is 5.75 Å². The van der Waals surface area contributed by atoms with Crippen LogP contribution in [0.5, 0.6) is 5.75 Å². The molecule has 0 aliphatic rings. The number of aryl methyl sites for hydroxylation is 1. The minimum absolute atomic E-state index is 0.592. The summed E-state index contributed by atoms with van der Waals surface area (Å²) in [6, 6.07) is 8.01. The zero-order chi connectivity index (χ0) is 9.52. The Morgan fingerprint density at radius 2 is 2.00 bits per heavy atom. The van der Waals surface area contributed by atoms with Gasteiger partial charge in [0.1, 0.15) is 12.4 Å². The van der Waals surface area contributed by atoms with Crippen LogP contribution in [-0.4, -0.2) is 6.61 Å². The molecule has 0 spiro atoms. The van der Waals surface area contributed by atoms with E-state index >= 15 is 0 Å². The highest BCUT2D eigenvalue weighted by Crippen LogP contribution is 2.10. The van der Waals surface area contributed by atoms with E-state index in [-0.39, 0.29) is 0 Å². The topological polar surface area (TPSA) is 9.23 Å². The normalized spacial score (nSPS) is 10.2. The van der Waals surface area contributed by atoms with Crippen molar-refractivity contribution < 1.29 is 4.74 Å². The summed E-state index contributed by atoms with van der Waals surface area (Å²) in [5.74, 6) is 0.902. The highest BCUT2D eigenvalue weighted by atomic mass is 16.5. The van der Waals surface area contributed by atoms with E-state index in [4.69, 9.17) is 4.74 Å². The maximum Gasteiger partial charge on any atom is 0.119 e. The minimum atomic E-state index is 0.592. The van der Waals surface area contributed by atoms with Crippen molar-refractivity contribution >= 4 is 0 Å². The molecule has 68 valence electrons. The second-order valence-corrected chi connectivity index (χ2v) is 2.79. The molecule has 0 radical (unpaired) electrons. The summed E-state index contributed by atoms with van der Waals surface area (Å²) < 4.78 is 5.43. The van der Waals surface area contributed by atoms with Gasteiger partial charge in [0.2, 0.25) is 0 Å². The van der Waals surface area contributed by atoms with Crippen LogP contribution < -0.4 is 4.74 Å². The number of hydrogen-bond donors (Lipinski definition) is 0. The van der Waals surface area contributed by atoms with E-state index in [0.29, 0.717) is 6.61 Å². The molecule has 1 aromatic rings. The molecule has 0 saturated heterocycles. The second-order valence-electron chi connectivity index (χ2n) is 2.79. The first-order valence-corrected chi connectivity index (χ1v) is 4.30. The summed E-state index contributed by atoms with van der Waals surface area (Å²) in [5, 5.41) is 0. The molecule has 1 heteroatoms. The summed E-state index contributed by atoms with van der Waals surface area (Å²) in [6.07, 6.45) is 5.53. The van der Waals surface area contributed by atoms with Gasteiger partial charge in [-0.2, -0.15) is 0 Å². The van der Waals surface area contributed by atoms with Gasteiger partial charge in [-0.3, -0.25) is 0 Å². The molecule has 0 saturated carbocycles. The first-order valence-electron chi connectivity index (χ1n) is 4.30. The third-order valence-corrected chi connectivity index (χ3v) is 1.64. The second kappa shape index (κ2) is 5.20. The van der Waals surface area contributed by atoms with Crippen molar-refractivity contribution in [1.82, 2.24) is 0 Å². The standard InChI is InChI=1S/C12H14O/c1-3-4-5-10-13-12-8-6-11(2)7-9-12/h3-9H,1,10H2,2H3/b5-4+. The van der Waals surface area contributed by atoms with Gasteiger partial charge in [0, 0.05) is 0 Å². The van der Waals surface area contributed by atoms with Gasteiger partial charge in [-0.05, 0) is 25.1 Å². The Morgan fingerprint density at radius 3 is 2.62 bits per heavy atom. The van der Waals surface area contributed by atoms with Gasteiger partial charge < -0.3 is 4.74 Å². The molecule has 0 aliphatic heterocycles. The summed E-state index contributed by atoms with van der Waals surface area (Å²) in [6.45, 7) is 6.22. The lowest BCUT2D eigenvalue weighted by atomic mass is 10.2. The lowest BCUT2D eigenvalue weighted by Crippen LogP contribution is -1.92. The molecule has 0 atom stereocenters. The monoisotopic (exact) mass is 174 g/mol. The Hall–Kier alpha value is -1.50. The number of ether oxygens (including phenoxy) is 1. The first-order chi connectivity index (χ1) is 6.33. The molecule has 1 rings (SSSR count). The van der Waals surface area contributed by atoms with Crippen LogP contribution in [0.25, 0.3) is 0 Å². The molecule has 0 N–H and O–H groups in total. The van der Waals surface area contributed by atoms with Crippen molar-refractivity contribution in [2.75, 3.05) is 6.61 Å². The molecule has 13 heavy (non-hydrogen) atoms. The van der Waals surface area contributed by atoms with E-state index < -0.39 is 0 Å². The van der Waals surface area contributed by atoms with Gasteiger partial charge in [-0.1, -0.05) is 36.4 Å². The molecule has 0 unspecified atom stereocenters. The van der Waals surface area contributed by atoms with Crippen LogP contribution in [0.2, 0.25) is 0 Å². The highest BCUT2D eigenvalue weighted by Gasteiger charge is 1.89. The largest absolute Gasteiger partial charge is 0.490 e. The smallest absolute Gasteiger partial charge is 0.119 e. The molecule has 0 heterocycles. The maximum atomic E-state index is 5.43. The molecular formula is C12H14O. The van der Waals surface area contributed by atoms with Gasteiger partial charge in [0.25, 0.3) is 0 Å². The third kappa shape index (κ3) is 3.61. The molecule has 0 bridgehead atoms. The van der Waals surface area contributed by atoms with Crippen LogP contribution in [-0.2, 0) is 0 Å². The van der Waals surface area contributed by atoms with E-state index in [9.17, 15) is 0 Å². The van der Waals surface area contributed by atoms with Crippen LogP contribution in [0.1, 0.15) is 5.56 Å². The van der Waals surface area contributed by atoms with Crippen molar-refractivity contribution in [2.45, 2.75) is 6.92 Å². The Morgan fingerprint density at radius 1 is 1.31 bits per heavy atom. The molecule has 0 fully saturated rings. The fraction of sp³-hybridized carbons (Fsp3) is 0.167. The molecule has 1 nitrogen and oxygen atoms in total. The van der Waals surface area contributed by atoms with Crippen LogP contribution in [0, 0.1) is 6.92 Å². The predicted octanol–water partition coefficient (Wildman–Crippen LogP) is 3.12. The highest BCUT2D eigenvalue weighted by molar-refractivity contribution is 5.26. The molecule has 0 amide bonds. The minimum Gasteiger partial charge on any atom is -0.490 e. The van der Waals surface area contributed by atoms with Crippen molar-refractivity contribution in [3.8, 4) is 5.75 Å². The number of benzene rings is 1. The Balaban J connectivity index is 2.41.